The summed E-state index contributed by atoms with van der Waals surface area (Å²) in [5, 5.41) is 1.15. The predicted molar refractivity (Wildman–Crippen MR) is 123 cm³/mol. The number of ketones is 1. The molecule has 2 aromatic heterocycles. The molecule has 156 valence electrons. The van der Waals surface area contributed by atoms with Crippen molar-refractivity contribution in [3.8, 4) is 5.69 Å². The van der Waals surface area contributed by atoms with Crippen molar-refractivity contribution in [3.05, 3.63) is 86.8 Å². The second-order valence-corrected chi connectivity index (χ2v) is 9.48. The van der Waals surface area contributed by atoms with Gasteiger partial charge in [-0.15, -0.1) is 11.3 Å². The minimum Gasteiger partial charge on any atom is -0.293 e. The maximum absolute atomic E-state index is 14.0. The molecule has 2 aromatic carbocycles. The highest BCUT2D eigenvalue weighted by molar-refractivity contribution is 7.99. The van der Waals surface area contributed by atoms with E-state index in [1.165, 1.54) is 28.8 Å². The quantitative estimate of drug-likeness (QED) is 0.231. The van der Waals surface area contributed by atoms with Crippen molar-refractivity contribution in [1.29, 1.82) is 0 Å². The zero-order valence-electron chi connectivity index (χ0n) is 16.6. The highest BCUT2D eigenvalue weighted by Crippen LogP contribution is 2.35. The van der Waals surface area contributed by atoms with Gasteiger partial charge < -0.3 is 0 Å². The van der Waals surface area contributed by atoms with E-state index >= 15 is 0 Å². The molecule has 0 fully saturated rings. The molecule has 4 aromatic rings. The number of Topliss-reactive ketones (excluding diaryl/α,β-unsaturated/α-hetero) is 1. The molecular formula is C24H19FN2O2S2. The Hall–Kier alpha value is -2.77. The third kappa shape index (κ3) is 3.72. The fourth-order valence-corrected chi connectivity index (χ4v) is 6.18. The molecule has 0 radical (unpaired) electrons. The van der Waals surface area contributed by atoms with E-state index in [0.717, 1.165) is 36.1 Å². The normalized spacial score (nSPS) is 13.3. The van der Waals surface area contributed by atoms with E-state index in [1.54, 1.807) is 28.0 Å². The lowest BCUT2D eigenvalue weighted by atomic mass is 9.97. The summed E-state index contributed by atoms with van der Waals surface area (Å²) < 4.78 is 15.6. The monoisotopic (exact) mass is 450 g/mol. The van der Waals surface area contributed by atoms with Crippen LogP contribution in [-0.2, 0) is 12.8 Å². The Morgan fingerprint density at radius 3 is 2.61 bits per heavy atom. The summed E-state index contributed by atoms with van der Waals surface area (Å²) in [5.41, 5.74) is 1.79. The average Bonchev–Trinajstić information content (AvgIpc) is 3.17. The number of carbonyl (C=O) groups excluding carboxylic acids is 1. The lowest BCUT2D eigenvalue weighted by molar-refractivity contribution is 0.101. The third-order valence-electron chi connectivity index (χ3n) is 5.48. The largest absolute Gasteiger partial charge is 0.293 e. The zero-order chi connectivity index (χ0) is 21.4. The highest BCUT2D eigenvalue weighted by atomic mass is 32.2. The van der Waals surface area contributed by atoms with E-state index in [4.69, 9.17) is 4.98 Å². The van der Waals surface area contributed by atoms with Gasteiger partial charge in [-0.3, -0.25) is 14.2 Å². The van der Waals surface area contributed by atoms with Gasteiger partial charge in [0.1, 0.15) is 10.6 Å². The number of fused-ring (bicyclic) bond motifs is 3. The van der Waals surface area contributed by atoms with Gasteiger partial charge in [0.25, 0.3) is 5.56 Å². The molecule has 0 unspecified atom stereocenters. The number of rotatable bonds is 5. The molecule has 31 heavy (non-hydrogen) atoms. The Labute approximate surface area is 186 Å². The number of aromatic nitrogens is 2. The maximum atomic E-state index is 14.0. The van der Waals surface area contributed by atoms with Crippen LogP contribution in [0.25, 0.3) is 15.9 Å². The molecule has 7 heteroatoms. The first-order valence-corrected chi connectivity index (χ1v) is 12.0. The van der Waals surface area contributed by atoms with E-state index in [2.05, 4.69) is 0 Å². The van der Waals surface area contributed by atoms with Gasteiger partial charge in [-0.2, -0.15) is 0 Å². The second-order valence-electron chi connectivity index (χ2n) is 7.45. The number of aryl methyl sites for hydroxylation is 2. The van der Waals surface area contributed by atoms with Crippen molar-refractivity contribution in [2.45, 2.75) is 30.8 Å². The van der Waals surface area contributed by atoms with Crippen molar-refractivity contribution in [2.75, 3.05) is 5.75 Å². The van der Waals surface area contributed by atoms with Gasteiger partial charge in [0, 0.05) is 4.88 Å². The van der Waals surface area contributed by atoms with Crippen LogP contribution < -0.4 is 5.56 Å². The number of benzene rings is 2. The van der Waals surface area contributed by atoms with Crippen LogP contribution in [0, 0.1) is 5.82 Å². The predicted octanol–water partition coefficient (Wildman–Crippen LogP) is 5.44. The second kappa shape index (κ2) is 8.40. The minimum absolute atomic E-state index is 0.00317. The molecule has 4 nitrogen and oxygen atoms in total. The van der Waals surface area contributed by atoms with Crippen molar-refractivity contribution < 1.29 is 9.18 Å². The molecule has 0 aliphatic heterocycles. The number of thiophene rings is 1. The lowest BCUT2D eigenvalue weighted by Crippen LogP contribution is -2.22. The summed E-state index contributed by atoms with van der Waals surface area (Å²) in [7, 11) is 0. The molecule has 0 spiro atoms. The Balaban J connectivity index is 1.60. The average molecular weight is 451 g/mol. The fourth-order valence-electron chi connectivity index (χ4n) is 3.98. The molecule has 2 heterocycles. The first-order valence-electron chi connectivity index (χ1n) is 10.2. The number of carbonyl (C=O) groups is 1. The van der Waals surface area contributed by atoms with Crippen molar-refractivity contribution >= 4 is 39.1 Å². The van der Waals surface area contributed by atoms with Crippen LogP contribution in [-0.4, -0.2) is 21.1 Å². The first-order chi connectivity index (χ1) is 15.1. The molecule has 0 N–H and O–H groups in total. The highest BCUT2D eigenvalue weighted by Gasteiger charge is 2.23. The van der Waals surface area contributed by atoms with Crippen LogP contribution >= 0.6 is 23.1 Å². The molecule has 0 atom stereocenters. The Morgan fingerprint density at radius 1 is 1.06 bits per heavy atom. The van der Waals surface area contributed by atoms with Crippen LogP contribution in [0.1, 0.15) is 33.6 Å². The first kappa shape index (κ1) is 20.2. The standard InChI is InChI=1S/C24H19FN2O2S2/c25-18-12-6-4-10-16(18)19(28)14-30-24-26-22-21(17-11-5-7-13-20(17)31-22)23(29)27(24)15-8-2-1-3-9-15/h1-4,6,8-10,12H,5,7,11,13-14H2. The van der Waals surface area contributed by atoms with Crippen LogP contribution in [0.4, 0.5) is 4.39 Å². The van der Waals surface area contributed by atoms with Crippen LogP contribution in [0.15, 0.2) is 64.5 Å². The number of nitrogens with zero attached hydrogens (tertiary/aromatic N) is 2. The summed E-state index contributed by atoms with van der Waals surface area (Å²) in [6, 6.07) is 15.3. The summed E-state index contributed by atoms with van der Waals surface area (Å²) >= 11 is 2.75. The third-order valence-corrected chi connectivity index (χ3v) is 7.60. The van der Waals surface area contributed by atoms with Gasteiger partial charge in [-0.1, -0.05) is 42.1 Å². The van der Waals surface area contributed by atoms with E-state index in [9.17, 15) is 14.0 Å². The van der Waals surface area contributed by atoms with Crippen molar-refractivity contribution in [2.24, 2.45) is 0 Å². The molecule has 0 saturated heterocycles. The van der Waals surface area contributed by atoms with Gasteiger partial charge in [0.15, 0.2) is 10.9 Å². The Morgan fingerprint density at radius 2 is 1.81 bits per heavy atom. The van der Waals surface area contributed by atoms with E-state index in [1.807, 2.05) is 30.3 Å². The minimum atomic E-state index is -0.539. The van der Waals surface area contributed by atoms with E-state index in [0.29, 0.717) is 16.2 Å². The van der Waals surface area contributed by atoms with E-state index in [-0.39, 0.29) is 22.7 Å². The summed E-state index contributed by atoms with van der Waals surface area (Å²) in [4.78, 5) is 33.0. The fraction of sp³-hybridized carbons (Fsp3) is 0.208. The van der Waals surface area contributed by atoms with Gasteiger partial charge in [-0.25, -0.2) is 9.37 Å². The molecule has 1 aliphatic carbocycles. The number of halogens is 1. The molecule has 0 saturated carbocycles. The molecule has 5 rings (SSSR count). The summed E-state index contributed by atoms with van der Waals surface area (Å²) in [5.74, 6) is -0.873. The topological polar surface area (TPSA) is 52.0 Å². The van der Waals surface area contributed by atoms with Gasteiger partial charge >= 0.3 is 0 Å². The van der Waals surface area contributed by atoms with Crippen molar-refractivity contribution in [1.82, 2.24) is 9.55 Å². The van der Waals surface area contributed by atoms with E-state index < -0.39 is 5.82 Å². The number of para-hydroxylation sites is 1. The van der Waals surface area contributed by atoms with Gasteiger partial charge in [-0.05, 0) is 55.5 Å². The maximum Gasteiger partial charge on any atom is 0.267 e. The Bertz CT molecular complexity index is 1350. The Kier molecular flexibility index (Phi) is 5.46. The van der Waals surface area contributed by atoms with Gasteiger partial charge in [0.05, 0.1) is 22.4 Å². The molecule has 0 bridgehead atoms. The van der Waals surface area contributed by atoms with Gasteiger partial charge in [0.2, 0.25) is 0 Å². The zero-order valence-corrected chi connectivity index (χ0v) is 18.3. The smallest absolute Gasteiger partial charge is 0.267 e. The SMILES string of the molecule is O=C(CSc1nc2sc3c(c2c(=O)n1-c1ccccc1)CCCC3)c1ccccc1F. The number of hydrogen-bond acceptors (Lipinski definition) is 5. The number of hydrogen-bond donors (Lipinski definition) is 0. The molecule has 1 aliphatic rings. The van der Waals surface area contributed by atoms with Crippen molar-refractivity contribution in [3.63, 3.8) is 0 Å². The van der Waals surface area contributed by atoms with Crippen LogP contribution in [0.5, 0.6) is 0 Å². The molecule has 0 amide bonds. The summed E-state index contributed by atoms with van der Waals surface area (Å²) in [6.45, 7) is 0. The summed E-state index contributed by atoms with van der Waals surface area (Å²) in [6.07, 6.45) is 4.09. The number of thioether (sulfide) groups is 1. The molecular weight excluding hydrogens is 431 g/mol. The lowest BCUT2D eigenvalue weighted by Gasteiger charge is -2.13. The van der Waals surface area contributed by atoms with Crippen LogP contribution in [0.3, 0.4) is 0 Å². The van der Waals surface area contributed by atoms with Crippen LogP contribution in [0.2, 0.25) is 0 Å².